The van der Waals surface area contributed by atoms with Crippen molar-refractivity contribution in [3.05, 3.63) is 42.0 Å². The van der Waals surface area contributed by atoms with E-state index in [1.807, 2.05) is 0 Å². The molecular formula is C16H19N3O5S. The highest BCUT2D eigenvalue weighted by atomic mass is 32.2. The Morgan fingerprint density at radius 3 is 2.04 bits per heavy atom. The molecule has 8 nitrogen and oxygen atoms in total. The molecule has 9 heteroatoms. The molecule has 25 heavy (non-hydrogen) atoms. The van der Waals surface area contributed by atoms with Crippen LogP contribution in [0.5, 0.6) is 17.2 Å². The Hall–Kier alpha value is -2.94. The van der Waals surface area contributed by atoms with Crippen molar-refractivity contribution in [3.8, 4) is 17.2 Å². The van der Waals surface area contributed by atoms with Gasteiger partial charge in [0.25, 0.3) is 10.0 Å². The van der Waals surface area contributed by atoms with Crippen molar-refractivity contribution in [2.75, 3.05) is 27.1 Å². The Balaban J connectivity index is 2.23. The molecule has 2 aromatic rings. The van der Waals surface area contributed by atoms with Gasteiger partial charge in [-0.25, -0.2) is 4.83 Å². The summed E-state index contributed by atoms with van der Waals surface area (Å²) < 4.78 is 40.0. The van der Waals surface area contributed by atoms with E-state index in [0.29, 0.717) is 28.5 Å². The molecule has 0 aromatic heterocycles. The molecule has 3 N–H and O–H groups in total. The normalized spacial score (nSPS) is 11.3. The smallest absolute Gasteiger partial charge is 0.276 e. The van der Waals surface area contributed by atoms with E-state index in [1.54, 1.807) is 12.1 Å². The van der Waals surface area contributed by atoms with Gasteiger partial charge in [0.15, 0.2) is 11.5 Å². The largest absolute Gasteiger partial charge is 0.493 e. The van der Waals surface area contributed by atoms with Gasteiger partial charge in [-0.3, -0.25) is 0 Å². The van der Waals surface area contributed by atoms with Gasteiger partial charge < -0.3 is 19.9 Å². The molecule has 0 fully saturated rings. The zero-order valence-corrected chi connectivity index (χ0v) is 14.8. The molecule has 0 heterocycles. The number of hydrogen-bond acceptors (Lipinski definition) is 7. The van der Waals surface area contributed by atoms with Crippen LogP contribution in [0.3, 0.4) is 0 Å². The molecule has 0 radical (unpaired) electrons. The van der Waals surface area contributed by atoms with Gasteiger partial charge in [-0.1, -0.05) is 0 Å². The number of hydrazone groups is 1. The molecule has 0 saturated carbocycles. The van der Waals surface area contributed by atoms with E-state index in [4.69, 9.17) is 19.9 Å². The maximum atomic E-state index is 12.1. The van der Waals surface area contributed by atoms with Crippen LogP contribution in [0.25, 0.3) is 0 Å². The Kier molecular flexibility index (Phi) is 5.71. The third-order valence-electron chi connectivity index (χ3n) is 3.26. The minimum Gasteiger partial charge on any atom is -0.493 e. The Morgan fingerprint density at radius 2 is 1.56 bits per heavy atom. The summed E-state index contributed by atoms with van der Waals surface area (Å²) in [6, 6.07) is 9.07. The van der Waals surface area contributed by atoms with Gasteiger partial charge in [0.1, 0.15) is 0 Å². The third kappa shape index (κ3) is 4.32. The van der Waals surface area contributed by atoms with E-state index in [2.05, 4.69) is 9.93 Å². The lowest BCUT2D eigenvalue weighted by atomic mass is 10.2. The lowest BCUT2D eigenvalue weighted by molar-refractivity contribution is 0.324. The number of ether oxygens (including phenoxy) is 3. The third-order valence-corrected chi connectivity index (χ3v) is 4.50. The number of hydrogen-bond donors (Lipinski definition) is 2. The van der Waals surface area contributed by atoms with Crippen LogP contribution in [0.2, 0.25) is 0 Å². The van der Waals surface area contributed by atoms with Crippen LogP contribution < -0.4 is 24.8 Å². The molecule has 0 atom stereocenters. The quantitative estimate of drug-likeness (QED) is 0.438. The summed E-state index contributed by atoms with van der Waals surface area (Å²) in [4.78, 5) is 2.19. The molecule has 0 spiro atoms. The summed E-state index contributed by atoms with van der Waals surface area (Å²) in [6.07, 6.45) is 1.33. The zero-order chi connectivity index (χ0) is 18.4. The van der Waals surface area contributed by atoms with Crippen LogP contribution in [0.1, 0.15) is 5.56 Å². The van der Waals surface area contributed by atoms with Crippen molar-refractivity contribution in [2.24, 2.45) is 5.10 Å². The molecule has 0 aliphatic rings. The van der Waals surface area contributed by atoms with Gasteiger partial charge in [0.2, 0.25) is 5.75 Å². The van der Waals surface area contributed by atoms with Gasteiger partial charge in [0, 0.05) is 11.3 Å². The van der Waals surface area contributed by atoms with E-state index in [-0.39, 0.29) is 4.90 Å². The molecule has 2 aromatic carbocycles. The molecule has 2 rings (SSSR count). The second-order valence-electron chi connectivity index (χ2n) is 4.88. The Morgan fingerprint density at radius 1 is 1.00 bits per heavy atom. The van der Waals surface area contributed by atoms with E-state index < -0.39 is 10.0 Å². The van der Waals surface area contributed by atoms with E-state index >= 15 is 0 Å². The first-order chi connectivity index (χ1) is 11.9. The number of nitrogens with one attached hydrogen (secondary N) is 1. The van der Waals surface area contributed by atoms with Crippen molar-refractivity contribution >= 4 is 21.9 Å². The topological polar surface area (TPSA) is 112 Å². The van der Waals surface area contributed by atoms with Crippen molar-refractivity contribution < 1.29 is 22.6 Å². The highest BCUT2D eigenvalue weighted by Gasteiger charge is 2.14. The number of nitrogen functional groups attached to an aromatic ring is 1. The first kappa shape index (κ1) is 18.4. The fraction of sp³-hybridized carbons (Fsp3) is 0.188. The number of benzene rings is 2. The monoisotopic (exact) mass is 365 g/mol. The van der Waals surface area contributed by atoms with Gasteiger partial charge in [0.05, 0.1) is 32.4 Å². The van der Waals surface area contributed by atoms with Crippen LogP contribution in [-0.4, -0.2) is 36.0 Å². The highest BCUT2D eigenvalue weighted by molar-refractivity contribution is 7.89. The number of nitrogens with zero attached hydrogens (tertiary/aromatic N) is 1. The summed E-state index contributed by atoms with van der Waals surface area (Å²) in [5.41, 5.74) is 6.58. The molecule has 0 unspecified atom stereocenters. The van der Waals surface area contributed by atoms with Gasteiger partial charge in [-0.15, -0.1) is 0 Å². The van der Waals surface area contributed by atoms with Crippen LogP contribution in [0.15, 0.2) is 46.4 Å². The minimum absolute atomic E-state index is 0.0590. The average molecular weight is 365 g/mol. The van der Waals surface area contributed by atoms with Crippen molar-refractivity contribution in [1.29, 1.82) is 0 Å². The molecule has 0 amide bonds. The molecule has 0 bridgehead atoms. The predicted octanol–water partition coefficient (Wildman–Crippen LogP) is 1.61. The summed E-state index contributed by atoms with van der Waals surface area (Å²) in [7, 11) is 0.689. The number of sulfonamides is 1. The van der Waals surface area contributed by atoms with Crippen LogP contribution in [0, 0.1) is 0 Å². The van der Waals surface area contributed by atoms with Crippen molar-refractivity contribution in [1.82, 2.24) is 4.83 Å². The highest BCUT2D eigenvalue weighted by Crippen LogP contribution is 2.37. The molecule has 0 aliphatic carbocycles. The molecule has 0 aliphatic heterocycles. The fourth-order valence-corrected chi connectivity index (χ4v) is 2.84. The van der Waals surface area contributed by atoms with E-state index in [9.17, 15) is 8.42 Å². The maximum absolute atomic E-state index is 12.1. The summed E-state index contributed by atoms with van der Waals surface area (Å²) in [6.45, 7) is 0. The van der Waals surface area contributed by atoms with Gasteiger partial charge in [-0.05, 0) is 36.4 Å². The first-order valence-electron chi connectivity index (χ1n) is 7.11. The van der Waals surface area contributed by atoms with E-state index in [1.165, 1.54) is 51.8 Å². The lowest BCUT2D eigenvalue weighted by Gasteiger charge is -2.12. The number of methoxy groups -OCH3 is 3. The number of anilines is 1. The molecular weight excluding hydrogens is 346 g/mol. The van der Waals surface area contributed by atoms with Crippen LogP contribution in [0.4, 0.5) is 5.69 Å². The zero-order valence-electron chi connectivity index (χ0n) is 14.0. The maximum Gasteiger partial charge on any atom is 0.276 e. The molecule has 134 valence electrons. The summed E-state index contributed by atoms with van der Waals surface area (Å²) >= 11 is 0. The number of rotatable bonds is 7. The van der Waals surface area contributed by atoms with Crippen molar-refractivity contribution in [2.45, 2.75) is 4.90 Å². The van der Waals surface area contributed by atoms with Gasteiger partial charge in [-0.2, -0.15) is 13.5 Å². The van der Waals surface area contributed by atoms with Gasteiger partial charge >= 0.3 is 0 Å². The number of nitrogens with two attached hydrogens (primary N) is 1. The summed E-state index contributed by atoms with van der Waals surface area (Å²) in [5.74, 6) is 1.30. The van der Waals surface area contributed by atoms with Crippen molar-refractivity contribution in [3.63, 3.8) is 0 Å². The standard InChI is InChI=1S/C16H19N3O5S/c1-22-14-8-11(9-15(23-2)16(14)24-3)10-18-19-25(20,21)13-6-4-12(17)5-7-13/h4-10,19H,17H2,1-3H3/b18-10+. The van der Waals surface area contributed by atoms with E-state index in [0.717, 1.165) is 0 Å². The fourth-order valence-electron chi connectivity index (χ4n) is 2.05. The Labute approximate surface area is 146 Å². The summed E-state index contributed by atoms with van der Waals surface area (Å²) in [5, 5.41) is 3.77. The minimum atomic E-state index is -3.78. The second kappa shape index (κ2) is 7.75. The van der Waals surface area contributed by atoms with Crippen LogP contribution in [-0.2, 0) is 10.0 Å². The van der Waals surface area contributed by atoms with Crippen LogP contribution >= 0.6 is 0 Å². The lowest BCUT2D eigenvalue weighted by Crippen LogP contribution is -2.18. The molecule has 0 saturated heterocycles. The second-order valence-corrected chi connectivity index (χ2v) is 6.54. The Bertz CT molecular complexity index is 839. The average Bonchev–Trinajstić information content (AvgIpc) is 2.61. The first-order valence-corrected chi connectivity index (χ1v) is 8.60. The predicted molar refractivity (Wildman–Crippen MR) is 94.9 cm³/mol. The SMILES string of the molecule is COc1cc(/C=N/NS(=O)(=O)c2ccc(N)cc2)cc(OC)c1OC.